The Hall–Kier alpha value is -3.52. The van der Waals surface area contributed by atoms with Gasteiger partial charge in [-0.3, -0.25) is 9.59 Å². The van der Waals surface area contributed by atoms with E-state index in [0.717, 1.165) is 23.3 Å². The second-order valence-corrected chi connectivity index (χ2v) is 10.3. The lowest BCUT2D eigenvalue weighted by atomic mass is 10.00. The molecule has 7 nitrogen and oxygen atoms in total. The Morgan fingerprint density at radius 2 is 1.94 bits per heavy atom. The first-order chi connectivity index (χ1) is 17.4. The Morgan fingerprint density at radius 3 is 2.75 bits per heavy atom. The molecule has 3 heterocycles. The molecule has 2 aliphatic rings. The minimum atomic E-state index is -0.211. The summed E-state index contributed by atoms with van der Waals surface area (Å²) in [6.07, 6.45) is 0.803. The van der Waals surface area contributed by atoms with Crippen LogP contribution in [0.4, 0.5) is 0 Å². The van der Waals surface area contributed by atoms with Crippen molar-refractivity contribution < 1.29 is 23.8 Å². The quantitative estimate of drug-likeness (QED) is 0.459. The Balaban J connectivity index is 1.35. The maximum atomic E-state index is 13.7. The molecule has 0 saturated heterocycles. The number of aryl methyl sites for hydroxylation is 1. The van der Waals surface area contributed by atoms with Crippen molar-refractivity contribution in [3.8, 4) is 17.2 Å². The highest BCUT2D eigenvalue weighted by atomic mass is 32.1. The van der Waals surface area contributed by atoms with Crippen molar-refractivity contribution in [1.29, 1.82) is 0 Å². The molecule has 0 saturated carbocycles. The smallest absolute Gasteiger partial charge is 0.254 e. The number of para-hydroxylation sites is 1. The third-order valence-electron chi connectivity index (χ3n) is 6.71. The molecule has 8 heteroatoms. The lowest BCUT2D eigenvalue weighted by molar-refractivity contribution is -0.136. The van der Waals surface area contributed by atoms with Gasteiger partial charge in [0.25, 0.3) is 5.91 Å². The van der Waals surface area contributed by atoms with Crippen LogP contribution in [0.1, 0.15) is 46.3 Å². The summed E-state index contributed by atoms with van der Waals surface area (Å²) in [5, 5.41) is 2.07. The SMILES string of the molecule is Cc1ccccc1OC[C@H]1c2ccsc2CCN1C(=O)CN(C(=O)c1ccc2c(c1)OCO2)C(C)C. The zero-order chi connectivity index (χ0) is 25.2. The number of amides is 2. The topological polar surface area (TPSA) is 68.3 Å². The third kappa shape index (κ3) is 4.78. The monoisotopic (exact) mass is 506 g/mol. The van der Waals surface area contributed by atoms with Crippen molar-refractivity contribution in [2.75, 3.05) is 26.5 Å². The second-order valence-electron chi connectivity index (χ2n) is 9.32. The second kappa shape index (κ2) is 10.2. The van der Waals surface area contributed by atoms with E-state index >= 15 is 0 Å². The molecule has 2 aliphatic heterocycles. The number of rotatable bonds is 7. The highest BCUT2D eigenvalue weighted by Crippen LogP contribution is 2.35. The Labute approximate surface area is 215 Å². The van der Waals surface area contributed by atoms with E-state index in [1.54, 1.807) is 34.4 Å². The first kappa shape index (κ1) is 24.2. The van der Waals surface area contributed by atoms with Crippen molar-refractivity contribution in [2.24, 2.45) is 0 Å². The summed E-state index contributed by atoms with van der Waals surface area (Å²) in [5.74, 6) is 1.68. The first-order valence-electron chi connectivity index (χ1n) is 12.2. The number of thiophene rings is 1. The van der Waals surface area contributed by atoms with E-state index < -0.39 is 0 Å². The van der Waals surface area contributed by atoms with Gasteiger partial charge < -0.3 is 24.0 Å². The number of ether oxygens (including phenoxy) is 3. The summed E-state index contributed by atoms with van der Waals surface area (Å²) in [6.45, 7) is 6.94. The number of hydrogen-bond acceptors (Lipinski definition) is 6. The van der Waals surface area contributed by atoms with E-state index in [1.165, 1.54) is 4.88 Å². The molecule has 0 fully saturated rings. The Bertz CT molecular complexity index is 1270. The van der Waals surface area contributed by atoms with Crippen LogP contribution in [0.3, 0.4) is 0 Å². The van der Waals surface area contributed by atoms with Crippen LogP contribution < -0.4 is 14.2 Å². The van der Waals surface area contributed by atoms with E-state index in [1.807, 2.05) is 49.9 Å². The van der Waals surface area contributed by atoms with Crippen LogP contribution in [0.2, 0.25) is 0 Å². The lowest BCUT2D eigenvalue weighted by Gasteiger charge is -2.37. The molecule has 3 aromatic rings. The molecule has 5 rings (SSSR count). The number of fused-ring (bicyclic) bond motifs is 2. The van der Waals surface area contributed by atoms with Crippen molar-refractivity contribution in [2.45, 2.75) is 39.3 Å². The maximum Gasteiger partial charge on any atom is 0.254 e. The number of hydrogen-bond donors (Lipinski definition) is 0. The van der Waals surface area contributed by atoms with Gasteiger partial charge in [0.15, 0.2) is 11.5 Å². The van der Waals surface area contributed by atoms with E-state index in [4.69, 9.17) is 14.2 Å². The molecule has 0 unspecified atom stereocenters. The fraction of sp³-hybridized carbons (Fsp3) is 0.357. The van der Waals surface area contributed by atoms with Gasteiger partial charge in [-0.2, -0.15) is 0 Å². The molecule has 1 aromatic heterocycles. The van der Waals surface area contributed by atoms with Crippen molar-refractivity contribution in [3.05, 3.63) is 75.5 Å². The number of benzene rings is 2. The minimum Gasteiger partial charge on any atom is -0.491 e. The van der Waals surface area contributed by atoms with Crippen LogP contribution in [-0.2, 0) is 11.2 Å². The average Bonchev–Trinajstić information content (AvgIpc) is 3.55. The summed E-state index contributed by atoms with van der Waals surface area (Å²) >= 11 is 1.72. The number of carbonyl (C=O) groups excluding carboxylic acids is 2. The number of nitrogens with zero attached hydrogens (tertiary/aromatic N) is 2. The third-order valence-corrected chi connectivity index (χ3v) is 7.71. The molecule has 0 radical (unpaired) electrons. The van der Waals surface area contributed by atoms with Gasteiger partial charge in [0.05, 0.1) is 6.04 Å². The zero-order valence-electron chi connectivity index (χ0n) is 20.7. The zero-order valence-corrected chi connectivity index (χ0v) is 21.5. The predicted molar refractivity (Wildman–Crippen MR) is 138 cm³/mol. The predicted octanol–water partition coefficient (Wildman–Crippen LogP) is 4.84. The van der Waals surface area contributed by atoms with Crippen molar-refractivity contribution >= 4 is 23.2 Å². The van der Waals surface area contributed by atoms with Gasteiger partial charge in [-0.25, -0.2) is 0 Å². The van der Waals surface area contributed by atoms with E-state index in [9.17, 15) is 9.59 Å². The molecule has 1 atom stereocenters. The summed E-state index contributed by atoms with van der Waals surface area (Å²) in [4.78, 5) is 31.9. The van der Waals surface area contributed by atoms with E-state index in [2.05, 4.69) is 11.4 Å². The molecule has 0 bridgehead atoms. The van der Waals surface area contributed by atoms with Crippen LogP contribution in [-0.4, -0.2) is 54.1 Å². The number of carbonyl (C=O) groups is 2. The van der Waals surface area contributed by atoms with Gasteiger partial charge in [-0.15, -0.1) is 11.3 Å². The molecule has 0 spiro atoms. The first-order valence-corrected chi connectivity index (χ1v) is 13.0. The summed E-state index contributed by atoms with van der Waals surface area (Å²) in [5.41, 5.74) is 2.65. The highest BCUT2D eigenvalue weighted by molar-refractivity contribution is 7.10. The molecular weight excluding hydrogens is 476 g/mol. The molecule has 2 amide bonds. The standard InChI is InChI=1S/C28H30N2O5S/c1-18(2)30(28(32)20-8-9-24-25(14-20)35-17-34-24)15-27(31)29-12-10-26-21(11-13-36-26)22(29)16-33-23-7-5-4-6-19(23)3/h4-9,11,13-14,18,22H,10,12,15-17H2,1-3H3/t22-/m0/s1. The van der Waals surface area contributed by atoms with Gasteiger partial charge in [0.2, 0.25) is 12.7 Å². The van der Waals surface area contributed by atoms with Gasteiger partial charge in [-0.05, 0) is 74.0 Å². The highest BCUT2D eigenvalue weighted by Gasteiger charge is 2.34. The molecule has 188 valence electrons. The van der Waals surface area contributed by atoms with Crippen LogP contribution in [0.15, 0.2) is 53.9 Å². The van der Waals surface area contributed by atoms with Gasteiger partial charge in [0, 0.05) is 23.0 Å². The molecule has 0 N–H and O–H groups in total. The van der Waals surface area contributed by atoms with Gasteiger partial charge in [-0.1, -0.05) is 18.2 Å². The molecular formula is C28H30N2O5S. The van der Waals surface area contributed by atoms with Crippen LogP contribution >= 0.6 is 11.3 Å². The molecule has 2 aromatic carbocycles. The fourth-order valence-corrected chi connectivity index (χ4v) is 5.61. The summed E-state index contributed by atoms with van der Waals surface area (Å²) < 4.78 is 17.0. The Kier molecular flexibility index (Phi) is 6.87. The summed E-state index contributed by atoms with van der Waals surface area (Å²) in [7, 11) is 0. The maximum absolute atomic E-state index is 13.7. The van der Waals surface area contributed by atoms with E-state index in [0.29, 0.717) is 30.2 Å². The molecule has 36 heavy (non-hydrogen) atoms. The average molecular weight is 507 g/mol. The van der Waals surface area contributed by atoms with Gasteiger partial charge in [0.1, 0.15) is 18.9 Å². The van der Waals surface area contributed by atoms with Crippen molar-refractivity contribution in [3.63, 3.8) is 0 Å². The van der Waals surface area contributed by atoms with Crippen LogP contribution in [0.25, 0.3) is 0 Å². The summed E-state index contributed by atoms with van der Waals surface area (Å²) in [6, 6.07) is 14.7. The van der Waals surface area contributed by atoms with Gasteiger partial charge >= 0.3 is 0 Å². The molecule has 0 aliphatic carbocycles. The van der Waals surface area contributed by atoms with Crippen LogP contribution in [0, 0.1) is 6.92 Å². The van der Waals surface area contributed by atoms with Crippen LogP contribution in [0.5, 0.6) is 17.2 Å². The normalized spacial score (nSPS) is 16.1. The lowest BCUT2D eigenvalue weighted by Crippen LogP contribution is -2.49. The van der Waals surface area contributed by atoms with Crippen molar-refractivity contribution in [1.82, 2.24) is 9.80 Å². The van der Waals surface area contributed by atoms with E-state index in [-0.39, 0.29) is 37.2 Å². The Morgan fingerprint density at radius 1 is 1.14 bits per heavy atom. The minimum absolute atomic E-state index is 0.00865. The largest absolute Gasteiger partial charge is 0.491 e. The fourth-order valence-electron chi connectivity index (χ4n) is 4.68.